The maximum atomic E-state index is 6.69. The highest BCUT2D eigenvalue weighted by molar-refractivity contribution is 6.34. The summed E-state index contributed by atoms with van der Waals surface area (Å²) >= 11 is 13.2. The van der Waals surface area contributed by atoms with Crippen molar-refractivity contribution in [2.24, 2.45) is 0 Å². The predicted octanol–water partition coefficient (Wildman–Crippen LogP) is 8.00. The molecule has 0 aliphatic heterocycles. The molecule has 2 aromatic heterocycles. The molecule has 0 N–H and O–H groups in total. The fraction of sp³-hybridized carbons (Fsp3) is 0.739. The van der Waals surface area contributed by atoms with E-state index in [0.717, 1.165) is 11.2 Å². The molecule has 0 unspecified atom stereocenters. The van der Waals surface area contributed by atoms with Crippen LogP contribution in [0.3, 0.4) is 0 Å². The molecule has 2 fully saturated rings. The van der Waals surface area contributed by atoms with Gasteiger partial charge in [0.15, 0.2) is 5.65 Å². The molecule has 5 heteroatoms. The number of aromatic nitrogens is 3. The van der Waals surface area contributed by atoms with Crippen molar-refractivity contribution in [3.05, 3.63) is 27.1 Å². The van der Waals surface area contributed by atoms with E-state index >= 15 is 0 Å². The monoisotopic (exact) mass is 421 g/mol. The average molecular weight is 422 g/mol. The third kappa shape index (κ3) is 4.21. The first kappa shape index (κ1) is 20.5. The molecule has 2 aliphatic carbocycles. The van der Waals surface area contributed by atoms with Crippen LogP contribution in [0.5, 0.6) is 0 Å². The van der Waals surface area contributed by atoms with Gasteiger partial charge in [-0.05, 0) is 38.5 Å². The van der Waals surface area contributed by atoms with Crippen molar-refractivity contribution in [3.8, 4) is 0 Å². The van der Waals surface area contributed by atoms with Crippen LogP contribution in [0.4, 0.5) is 0 Å². The van der Waals surface area contributed by atoms with Crippen molar-refractivity contribution < 1.29 is 0 Å². The summed E-state index contributed by atoms with van der Waals surface area (Å²) in [5.74, 6) is 1.08. The first-order valence-corrected chi connectivity index (χ1v) is 12.2. The van der Waals surface area contributed by atoms with E-state index in [-0.39, 0.29) is 0 Å². The molecule has 154 valence electrons. The third-order valence-corrected chi connectivity index (χ3v) is 7.75. The molecule has 0 atom stereocenters. The number of nitrogens with zero attached hydrogens (tertiary/aromatic N) is 3. The molecule has 2 aliphatic rings. The van der Waals surface area contributed by atoms with Crippen LogP contribution in [0.2, 0.25) is 10.3 Å². The molecule has 4 rings (SSSR count). The van der Waals surface area contributed by atoms with Gasteiger partial charge in [0.1, 0.15) is 10.3 Å². The fourth-order valence-corrected chi connectivity index (χ4v) is 5.70. The van der Waals surface area contributed by atoms with Crippen molar-refractivity contribution in [2.45, 2.75) is 109 Å². The van der Waals surface area contributed by atoms with Gasteiger partial charge in [-0.2, -0.15) is 5.10 Å². The Labute approximate surface area is 179 Å². The van der Waals surface area contributed by atoms with Gasteiger partial charge in [0.05, 0.1) is 5.69 Å². The molecule has 2 heterocycles. The van der Waals surface area contributed by atoms with Crippen molar-refractivity contribution in [1.29, 1.82) is 0 Å². The molecule has 3 nitrogen and oxygen atoms in total. The highest BCUT2D eigenvalue weighted by Crippen LogP contribution is 2.42. The smallest absolute Gasteiger partial charge is 0.162 e. The van der Waals surface area contributed by atoms with Gasteiger partial charge in [0, 0.05) is 17.0 Å². The Bertz CT molecular complexity index is 798. The second kappa shape index (κ2) is 9.34. The Kier molecular flexibility index (Phi) is 6.83. The lowest BCUT2D eigenvalue weighted by molar-refractivity contribution is 0.431. The largest absolute Gasteiger partial charge is 0.216 e. The third-order valence-electron chi connectivity index (χ3n) is 6.94. The number of hydrogen-bond donors (Lipinski definition) is 0. The van der Waals surface area contributed by atoms with Gasteiger partial charge in [-0.3, -0.25) is 0 Å². The van der Waals surface area contributed by atoms with E-state index < -0.39 is 0 Å². The van der Waals surface area contributed by atoms with E-state index in [1.54, 1.807) is 0 Å². The van der Waals surface area contributed by atoms with Gasteiger partial charge >= 0.3 is 0 Å². The zero-order valence-corrected chi connectivity index (χ0v) is 18.7. The van der Waals surface area contributed by atoms with E-state index in [2.05, 4.69) is 0 Å². The van der Waals surface area contributed by atoms with Crippen molar-refractivity contribution in [3.63, 3.8) is 0 Å². The Morgan fingerprint density at radius 2 is 1.25 bits per heavy atom. The summed E-state index contributed by atoms with van der Waals surface area (Å²) in [5, 5.41) is 6.25. The average Bonchev–Trinajstić information content (AvgIpc) is 2.99. The maximum Gasteiger partial charge on any atom is 0.162 e. The van der Waals surface area contributed by atoms with Crippen LogP contribution in [-0.4, -0.2) is 14.6 Å². The van der Waals surface area contributed by atoms with E-state index in [0.29, 0.717) is 22.1 Å². The standard InChI is InChI=1S/C23H33Cl2N3/c1-16-21(24)26-23-19(17-12-8-4-2-5-9-13-17)20(27-28(23)22(16)25)18-14-10-6-3-7-11-15-18/h17-18H,2-15H2,1H3. The van der Waals surface area contributed by atoms with Crippen LogP contribution in [0.25, 0.3) is 5.65 Å². The van der Waals surface area contributed by atoms with E-state index in [1.807, 2.05) is 11.4 Å². The quantitative estimate of drug-likeness (QED) is 0.459. The summed E-state index contributed by atoms with van der Waals surface area (Å²) in [7, 11) is 0. The first-order valence-electron chi connectivity index (χ1n) is 11.4. The van der Waals surface area contributed by atoms with Gasteiger partial charge < -0.3 is 0 Å². The Balaban J connectivity index is 1.82. The SMILES string of the molecule is Cc1c(Cl)nc2c(C3CCCCCCC3)c(C3CCCCCCC3)nn2c1Cl. The molecule has 0 spiro atoms. The molecule has 0 bridgehead atoms. The molecular formula is C23H33Cl2N3. The zero-order valence-electron chi connectivity index (χ0n) is 17.2. The molecule has 2 aromatic rings. The van der Waals surface area contributed by atoms with Gasteiger partial charge in [0.25, 0.3) is 0 Å². The fourth-order valence-electron chi connectivity index (χ4n) is 5.27. The Morgan fingerprint density at radius 3 is 1.82 bits per heavy atom. The van der Waals surface area contributed by atoms with Gasteiger partial charge in [-0.1, -0.05) is 87.4 Å². The van der Waals surface area contributed by atoms with Crippen molar-refractivity contribution >= 4 is 28.8 Å². The van der Waals surface area contributed by atoms with Crippen LogP contribution >= 0.6 is 23.2 Å². The number of fused-ring (bicyclic) bond motifs is 1. The normalized spacial score (nSPS) is 21.2. The first-order chi connectivity index (χ1) is 13.7. The molecule has 0 amide bonds. The number of rotatable bonds is 2. The minimum Gasteiger partial charge on any atom is -0.216 e. The van der Waals surface area contributed by atoms with Gasteiger partial charge in [-0.15, -0.1) is 0 Å². The van der Waals surface area contributed by atoms with Gasteiger partial charge in [0.2, 0.25) is 0 Å². The highest BCUT2D eigenvalue weighted by Gasteiger charge is 2.29. The summed E-state index contributed by atoms with van der Waals surface area (Å²) in [6, 6.07) is 0. The van der Waals surface area contributed by atoms with E-state index in [4.69, 9.17) is 33.3 Å². The van der Waals surface area contributed by atoms with Crippen molar-refractivity contribution in [2.75, 3.05) is 0 Å². The number of hydrogen-bond acceptors (Lipinski definition) is 2. The molecular weight excluding hydrogens is 389 g/mol. The predicted molar refractivity (Wildman–Crippen MR) is 118 cm³/mol. The second-order valence-corrected chi connectivity index (χ2v) is 9.65. The summed E-state index contributed by atoms with van der Waals surface area (Å²) in [4.78, 5) is 4.80. The molecule has 0 radical (unpaired) electrons. The minimum absolute atomic E-state index is 0.522. The molecule has 0 aromatic carbocycles. The van der Waals surface area contributed by atoms with Crippen LogP contribution in [-0.2, 0) is 0 Å². The Morgan fingerprint density at radius 1 is 0.750 bits per heavy atom. The van der Waals surface area contributed by atoms with E-state index in [9.17, 15) is 0 Å². The molecule has 2 saturated carbocycles. The van der Waals surface area contributed by atoms with Crippen LogP contribution in [0, 0.1) is 6.92 Å². The highest BCUT2D eigenvalue weighted by atomic mass is 35.5. The topological polar surface area (TPSA) is 30.2 Å². The number of halogens is 2. The lowest BCUT2D eigenvalue weighted by atomic mass is 9.81. The summed E-state index contributed by atoms with van der Waals surface area (Å²) in [6.07, 6.45) is 18.4. The second-order valence-electron chi connectivity index (χ2n) is 8.94. The summed E-state index contributed by atoms with van der Waals surface area (Å²) in [5.41, 5.74) is 4.40. The molecule has 28 heavy (non-hydrogen) atoms. The minimum atomic E-state index is 0.522. The zero-order chi connectivity index (χ0) is 19.5. The maximum absolute atomic E-state index is 6.69. The van der Waals surface area contributed by atoms with Gasteiger partial charge in [-0.25, -0.2) is 9.50 Å². The van der Waals surface area contributed by atoms with Crippen molar-refractivity contribution in [1.82, 2.24) is 14.6 Å². The lowest BCUT2D eigenvalue weighted by Gasteiger charge is -2.24. The van der Waals surface area contributed by atoms with Crippen LogP contribution < -0.4 is 0 Å². The summed E-state index contributed by atoms with van der Waals surface area (Å²) < 4.78 is 1.89. The summed E-state index contributed by atoms with van der Waals surface area (Å²) in [6.45, 7) is 1.93. The van der Waals surface area contributed by atoms with Crippen LogP contribution in [0.15, 0.2) is 0 Å². The Hall–Kier alpha value is -0.800. The molecule has 0 saturated heterocycles. The van der Waals surface area contributed by atoms with Crippen LogP contribution in [0.1, 0.15) is 119 Å². The lowest BCUT2D eigenvalue weighted by Crippen LogP contribution is -2.10. The van der Waals surface area contributed by atoms with E-state index in [1.165, 1.54) is 101 Å².